The second-order valence-electron chi connectivity index (χ2n) is 7.08. The number of hydrogen-bond acceptors (Lipinski definition) is 5. The number of aryl methyl sites for hydroxylation is 1. The van der Waals surface area contributed by atoms with Crippen LogP contribution in [-0.2, 0) is 16.6 Å². The maximum atomic E-state index is 12.5. The lowest BCUT2D eigenvalue weighted by Gasteiger charge is -2.35. The van der Waals surface area contributed by atoms with Crippen LogP contribution in [0.25, 0.3) is 0 Å². The van der Waals surface area contributed by atoms with Gasteiger partial charge in [-0.3, -0.25) is 9.69 Å². The third-order valence-electron chi connectivity index (χ3n) is 5.35. The first-order valence-corrected chi connectivity index (χ1v) is 9.12. The van der Waals surface area contributed by atoms with Gasteiger partial charge in [-0.25, -0.2) is 0 Å². The van der Waals surface area contributed by atoms with Crippen LogP contribution in [0.4, 0.5) is 0 Å². The average molecular weight is 335 g/mol. The van der Waals surface area contributed by atoms with E-state index in [4.69, 9.17) is 4.74 Å². The zero-order valence-electron chi connectivity index (χ0n) is 14.8. The Bertz CT molecular complexity index is 541. The fourth-order valence-electron chi connectivity index (χ4n) is 3.71. The second kappa shape index (κ2) is 8.07. The van der Waals surface area contributed by atoms with Gasteiger partial charge in [-0.15, -0.1) is 10.2 Å². The van der Waals surface area contributed by atoms with Crippen molar-refractivity contribution in [1.29, 1.82) is 0 Å². The van der Waals surface area contributed by atoms with E-state index in [9.17, 15) is 4.79 Å². The molecular formula is C17H29N5O2. The SMILES string of the molecule is C[C@H](C(=O)NCC1CCCCC1)N1CCO[C@H](c2nncn2C)C1. The monoisotopic (exact) mass is 335 g/mol. The number of rotatable bonds is 5. The zero-order valence-corrected chi connectivity index (χ0v) is 14.8. The van der Waals surface area contributed by atoms with Gasteiger partial charge >= 0.3 is 0 Å². The van der Waals surface area contributed by atoms with Crippen molar-refractivity contribution in [3.63, 3.8) is 0 Å². The Kier molecular flexibility index (Phi) is 5.84. The van der Waals surface area contributed by atoms with Gasteiger partial charge < -0.3 is 14.6 Å². The standard InChI is InChI=1S/C17H29N5O2/c1-13(17(23)18-10-14-6-4-3-5-7-14)22-8-9-24-15(11-22)16-20-19-12-21(16)2/h12-15H,3-11H2,1-2H3,(H,18,23)/t13-,15+/m1/s1. The van der Waals surface area contributed by atoms with Crippen LogP contribution in [0.15, 0.2) is 6.33 Å². The van der Waals surface area contributed by atoms with Gasteiger partial charge in [0.2, 0.25) is 5.91 Å². The maximum Gasteiger partial charge on any atom is 0.237 e. The number of nitrogens with zero attached hydrogens (tertiary/aromatic N) is 4. The molecule has 134 valence electrons. The number of carbonyl (C=O) groups excluding carboxylic acids is 1. The molecule has 0 spiro atoms. The van der Waals surface area contributed by atoms with E-state index in [1.54, 1.807) is 6.33 Å². The molecule has 0 unspecified atom stereocenters. The highest BCUT2D eigenvalue weighted by atomic mass is 16.5. The Morgan fingerprint density at radius 2 is 2.21 bits per heavy atom. The first-order valence-electron chi connectivity index (χ1n) is 9.12. The molecule has 1 aromatic heterocycles. The third-order valence-corrected chi connectivity index (χ3v) is 5.35. The van der Waals surface area contributed by atoms with E-state index >= 15 is 0 Å². The summed E-state index contributed by atoms with van der Waals surface area (Å²) >= 11 is 0. The van der Waals surface area contributed by atoms with E-state index < -0.39 is 0 Å². The first kappa shape index (κ1) is 17.4. The molecule has 2 aliphatic rings. The van der Waals surface area contributed by atoms with E-state index in [1.807, 2.05) is 18.5 Å². The van der Waals surface area contributed by atoms with Gasteiger partial charge in [0.05, 0.1) is 12.6 Å². The minimum absolute atomic E-state index is 0.124. The zero-order chi connectivity index (χ0) is 16.9. The molecule has 2 atom stereocenters. The Balaban J connectivity index is 1.50. The van der Waals surface area contributed by atoms with Gasteiger partial charge in [-0.1, -0.05) is 19.3 Å². The number of amides is 1. The number of carbonyl (C=O) groups is 1. The van der Waals surface area contributed by atoms with Crippen LogP contribution in [0.1, 0.15) is 51.0 Å². The molecule has 0 aromatic carbocycles. The van der Waals surface area contributed by atoms with Crippen molar-refractivity contribution < 1.29 is 9.53 Å². The van der Waals surface area contributed by atoms with Crippen LogP contribution in [0, 0.1) is 5.92 Å². The number of morpholine rings is 1. The second-order valence-corrected chi connectivity index (χ2v) is 7.08. The highest BCUT2D eigenvalue weighted by Gasteiger charge is 2.31. The van der Waals surface area contributed by atoms with Crippen molar-refractivity contribution in [2.75, 3.05) is 26.2 Å². The van der Waals surface area contributed by atoms with Crippen molar-refractivity contribution in [1.82, 2.24) is 25.0 Å². The lowest BCUT2D eigenvalue weighted by molar-refractivity contribution is -0.129. The average Bonchev–Trinajstić information content (AvgIpc) is 3.06. The van der Waals surface area contributed by atoms with Crippen LogP contribution in [-0.4, -0.2) is 57.9 Å². The number of nitrogens with one attached hydrogen (secondary N) is 1. The van der Waals surface area contributed by atoms with Crippen LogP contribution < -0.4 is 5.32 Å². The Morgan fingerprint density at radius 3 is 2.92 bits per heavy atom. The minimum atomic E-state index is -0.145. The first-order chi connectivity index (χ1) is 11.6. The highest BCUT2D eigenvalue weighted by Crippen LogP contribution is 2.23. The van der Waals surface area contributed by atoms with Crippen LogP contribution in [0.2, 0.25) is 0 Å². The molecule has 0 radical (unpaired) electrons. The van der Waals surface area contributed by atoms with Crippen LogP contribution in [0.5, 0.6) is 0 Å². The van der Waals surface area contributed by atoms with Crippen molar-refractivity contribution in [2.45, 2.75) is 51.2 Å². The van der Waals surface area contributed by atoms with Crippen LogP contribution >= 0.6 is 0 Å². The predicted molar refractivity (Wildman–Crippen MR) is 90.3 cm³/mol. The fraction of sp³-hybridized carbons (Fsp3) is 0.824. The van der Waals surface area contributed by atoms with Gasteiger partial charge in [-0.05, 0) is 25.7 Å². The minimum Gasteiger partial charge on any atom is -0.368 e. The number of aromatic nitrogens is 3. The summed E-state index contributed by atoms with van der Waals surface area (Å²) in [4.78, 5) is 14.7. The molecule has 3 rings (SSSR count). The largest absolute Gasteiger partial charge is 0.368 e. The van der Waals surface area contributed by atoms with Crippen molar-refractivity contribution >= 4 is 5.91 Å². The molecule has 7 heteroatoms. The lowest BCUT2D eigenvalue weighted by Crippen LogP contribution is -2.51. The molecule has 0 bridgehead atoms. The summed E-state index contributed by atoms with van der Waals surface area (Å²) in [6, 6.07) is -0.145. The van der Waals surface area contributed by atoms with E-state index in [2.05, 4.69) is 20.4 Å². The summed E-state index contributed by atoms with van der Waals surface area (Å²) in [7, 11) is 1.91. The lowest BCUT2D eigenvalue weighted by atomic mass is 9.89. The van der Waals surface area contributed by atoms with E-state index in [-0.39, 0.29) is 18.1 Å². The number of ether oxygens (including phenoxy) is 1. The van der Waals surface area contributed by atoms with E-state index in [0.29, 0.717) is 19.1 Å². The van der Waals surface area contributed by atoms with Gasteiger partial charge in [0.25, 0.3) is 0 Å². The molecular weight excluding hydrogens is 306 g/mol. The molecule has 7 nitrogen and oxygen atoms in total. The van der Waals surface area contributed by atoms with Gasteiger partial charge in [0, 0.05) is 26.7 Å². The highest BCUT2D eigenvalue weighted by molar-refractivity contribution is 5.81. The summed E-state index contributed by atoms with van der Waals surface area (Å²) in [6.07, 6.45) is 8.01. The number of hydrogen-bond donors (Lipinski definition) is 1. The molecule has 1 aliphatic carbocycles. The molecule has 1 amide bonds. The Labute approximate surface area is 143 Å². The third kappa shape index (κ3) is 4.13. The van der Waals surface area contributed by atoms with Crippen molar-refractivity contribution in [3.8, 4) is 0 Å². The summed E-state index contributed by atoms with van der Waals surface area (Å²) in [5, 5.41) is 11.2. The van der Waals surface area contributed by atoms with Gasteiger partial charge in [-0.2, -0.15) is 0 Å². The van der Waals surface area contributed by atoms with Gasteiger partial charge in [0.1, 0.15) is 12.4 Å². The summed E-state index contributed by atoms with van der Waals surface area (Å²) in [6.45, 7) is 4.85. The van der Waals surface area contributed by atoms with Gasteiger partial charge in [0.15, 0.2) is 5.82 Å². The maximum absolute atomic E-state index is 12.5. The Hall–Kier alpha value is -1.47. The molecule has 1 aliphatic heterocycles. The summed E-state index contributed by atoms with van der Waals surface area (Å²) in [5.74, 6) is 1.60. The molecule has 1 saturated heterocycles. The molecule has 2 fully saturated rings. The van der Waals surface area contributed by atoms with E-state index in [1.165, 1.54) is 32.1 Å². The summed E-state index contributed by atoms with van der Waals surface area (Å²) < 4.78 is 7.70. The molecule has 1 N–H and O–H groups in total. The molecule has 1 aromatic rings. The predicted octanol–water partition coefficient (Wildman–Crippen LogP) is 1.27. The smallest absolute Gasteiger partial charge is 0.237 e. The normalized spacial score (nSPS) is 24.7. The molecule has 2 heterocycles. The quantitative estimate of drug-likeness (QED) is 0.877. The Morgan fingerprint density at radius 1 is 1.42 bits per heavy atom. The molecule has 24 heavy (non-hydrogen) atoms. The topological polar surface area (TPSA) is 72.3 Å². The van der Waals surface area contributed by atoms with Crippen molar-refractivity contribution in [2.24, 2.45) is 13.0 Å². The summed E-state index contributed by atoms with van der Waals surface area (Å²) in [5.41, 5.74) is 0. The molecule has 1 saturated carbocycles. The van der Waals surface area contributed by atoms with E-state index in [0.717, 1.165) is 18.9 Å². The fourth-order valence-corrected chi connectivity index (χ4v) is 3.71. The van der Waals surface area contributed by atoms with Crippen molar-refractivity contribution in [3.05, 3.63) is 12.2 Å². The van der Waals surface area contributed by atoms with Crippen LogP contribution in [0.3, 0.4) is 0 Å².